The van der Waals surface area contributed by atoms with Gasteiger partial charge in [-0.3, -0.25) is 4.79 Å². The third-order valence-electron chi connectivity index (χ3n) is 2.71. The summed E-state index contributed by atoms with van der Waals surface area (Å²) in [7, 11) is 0. The number of carbonyl (C=O) groups excluding carboxylic acids is 1. The van der Waals surface area contributed by atoms with E-state index in [0.29, 0.717) is 24.4 Å². The summed E-state index contributed by atoms with van der Waals surface area (Å²) in [6.45, 7) is 8.54. The van der Waals surface area contributed by atoms with Gasteiger partial charge in [-0.05, 0) is 19.3 Å². The second-order valence-corrected chi connectivity index (χ2v) is 5.14. The van der Waals surface area contributed by atoms with Crippen LogP contribution in [0, 0.1) is 5.92 Å². The highest BCUT2D eigenvalue weighted by Crippen LogP contribution is 2.16. The molecule has 0 saturated heterocycles. The summed E-state index contributed by atoms with van der Waals surface area (Å²) in [5.41, 5.74) is 0.477. The van der Waals surface area contributed by atoms with Gasteiger partial charge >= 0.3 is 5.97 Å². The van der Waals surface area contributed by atoms with E-state index in [2.05, 4.69) is 0 Å². The van der Waals surface area contributed by atoms with E-state index < -0.39 is 5.97 Å². The molecule has 0 aromatic carbocycles. The van der Waals surface area contributed by atoms with Crippen LogP contribution in [-0.4, -0.2) is 17.1 Å². The third kappa shape index (κ3) is 3.60. The molecule has 106 valence electrons. The van der Waals surface area contributed by atoms with E-state index in [4.69, 9.17) is 16.3 Å². The first-order chi connectivity index (χ1) is 8.92. The summed E-state index contributed by atoms with van der Waals surface area (Å²) in [4.78, 5) is 24.0. The number of pyridine rings is 1. The molecule has 0 atom stereocenters. The maximum atomic E-state index is 12.0. The van der Waals surface area contributed by atoms with E-state index in [-0.39, 0.29) is 22.8 Å². The third-order valence-corrected chi connectivity index (χ3v) is 3.06. The number of hydrogen-bond acceptors (Lipinski definition) is 3. The lowest BCUT2D eigenvalue weighted by atomic mass is 10.1. The molecule has 0 amide bonds. The molecule has 0 spiro atoms. The molecule has 0 fully saturated rings. The monoisotopic (exact) mass is 285 g/mol. The van der Waals surface area contributed by atoms with Crippen molar-refractivity contribution in [2.75, 3.05) is 6.61 Å². The summed E-state index contributed by atoms with van der Waals surface area (Å²) < 4.78 is 6.70. The Kier molecular flexibility index (Phi) is 5.60. The predicted molar refractivity (Wildman–Crippen MR) is 75.9 cm³/mol. The lowest BCUT2D eigenvalue weighted by Crippen LogP contribution is -2.24. The Hall–Kier alpha value is -1.29. The standard InChI is InChI=1S/C14H20ClNO3/c1-5-10-8-16(7-9(3)4)12(11(15)13(10)17)14(18)19-6-2/h8-9H,5-7H2,1-4H3. The van der Waals surface area contributed by atoms with Gasteiger partial charge in [0.15, 0.2) is 0 Å². The van der Waals surface area contributed by atoms with E-state index in [0.717, 1.165) is 0 Å². The molecule has 19 heavy (non-hydrogen) atoms. The largest absolute Gasteiger partial charge is 0.461 e. The van der Waals surface area contributed by atoms with Crippen LogP contribution in [0.15, 0.2) is 11.0 Å². The van der Waals surface area contributed by atoms with Crippen LogP contribution in [0.5, 0.6) is 0 Å². The molecule has 0 saturated carbocycles. The van der Waals surface area contributed by atoms with Crippen LogP contribution in [0.2, 0.25) is 5.02 Å². The smallest absolute Gasteiger partial charge is 0.356 e. The molecule has 1 rings (SSSR count). The van der Waals surface area contributed by atoms with Crippen LogP contribution in [0.3, 0.4) is 0 Å². The SMILES string of the molecule is CCOC(=O)c1c(Cl)c(=O)c(CC)cn1CC(C)C. The lowest BCUT2D eigenvalue weighted by molar-refractivity contribution is 0.0511. The van der Waals surface area contributed by atoms with Gasteiger partial charge in [0, 0.05) is 18.3 Å². The van der Waals surface area contributed by atoms with Crippen LogP contribution in [-0.2, 0) is 17.7 Å². The van der Waals surface area contributed by atoms with Gasteiger partial charge < -0.3 is 9.30 Å². The highest BCUT2D eigenvalue weighted by atomic mass is 35.5. The van der Waals surface area contributed by atoms with Crippen molar-refractivity contribution in [1.29, 1.82) is 0 Å². The first-order valence-corrected chi connectivity index (χ1v) is 6.89. The molecule has 0 aliphatic heterocycles. The Morgan fingerprint density at radius 2 is 2.05 bits per heavy atom. The number of aromatic nitrogens is 1. The topological polar surface area (TPSA) is 48.3 Å². The Bertz CT molecular complexity index is 520. The first-order valence-electron chi connectivity index (χ1n) is 6.51. The number of halogens is 1. The van der Waals surface area contributed by atoms with Crippen LogP contribution >= 0.6 is 11.6 Å². The zero-order valence-electron chi connectivity index (χ0n) is 11.8. The zero-order valence-corrected chi connectivity index (χ0v) is 12.6. The van der Waals surface area contributed by atoms with Gasteiger partial charge in [-0.15, -0.1) is 0 Å². The van der Waals surface area contributed by atoms with E-state index in [1.54, 1.807) is 17.7 Å². The van der Waals surface area contributed by atoms with E-state index in [1.807, 2.05) is 20.8 Å². The summed E-state index contributed by atoms with van der Waals surface area (Å²) in [6.07, 6.45) is 2.29. The Balaban J connectivity index is 3.43. The molecular formula is C14H20ClNO3. The van der Waals surface area contributed by atoms with Crippen molar-refractivity contribution in [3.8, 4) is 0 Å². The molecule has 0 N–H and O–H groups in total. The maximum Gasteiger partial charge on any atom is 0.356 e. The summed E-state index contributed by atoms with van der Waals surface area (Å²) >= 11 is 6.06. The lowest BCUT2D eigenvalue weighted by Gasteiger charge is -2.17. The highest BCUT2D eigenvalue weighted by molar-refractivity contribution is 6.33. The molecule has 4 nitrogen and oxygen atoms in total. The van der Waals surface area contributed by atoms with Crippen molar-refractivity contribution in [2.24, 2.45) is 5.92 Å². The van der Waals surface area contributed by atoms with Crippen molar-refractivity contribution >= 4 is 17.6 Å². The van der Waals surface area contributed by atoms with Crippen molar-refractivity contribution in [3.63, 3.8) is 0 Å². The molecule has 0 bridgehead atoms. The average Bonchev–Trinajstić information content (AvgIpc) is 2.33. The number of esters is 1. The summed E-state index contributed by atoms with van der Waals surface area (Å²) in [5.74, 6) is -0.218. The van der Waals surface area contributed by atoms with E-state index in [9.17, 15) is 9.59 Å². The molecule has 5 heteroatoms. The van der Waals surface area contributed by atoms with Gasteiger partial charge in [0.2, 0.25) is 5.43 Å². The average molecular weight is 286 g/mol. The number of rotatable bonds is 5. The fourth-order valence-electron chi connectivity index (χ4n) is 1.88. The van der Waals surface area contributed by atoms with Gasteiger partial charge in [-0.2, -0.15) is 0 Å². The molecule has 0 aliphatic carbocycles. The molecule has 0 radical (unpaired) electrons. The quantitative estimate of drug-likeness (QED) is 0.782. The normalized spacial score (nSPS) is 10.8. The maximum absolute atomic E-state index is 12.0. The van der Waals surface area contributed by atoms with Gasteiger partial charge in [0.05, 0.1) is 6.61 Å². The minimum atomic E-state index is -0.548. The summed E-state index contributed by atoms with van der Waals surface area (Å²) in [5, 5.41) is -0.0431. The number of hydrogen-bond donors (Lipinski definition) is 0. The van der Waals surface area contributed by atoms with Crippen LogP contribution in [0.25, 0.3) is 0 Å². The second kappa shape index (κ2) is 6.75. The van der Waals surface area contributed by atoms with Crippen molar-refractivity contribution in [2.45, 2.75) is 40.7 Å². The number of aryl methyl sites for hydroxylation is 1. The first kappa shape index (κ1) is 15.8. The number of carbonyl (C=O) groups is 1. The Labute approximate surface area is 118 Å². The molecule has 1 aromatic heterocycles. The molecule has 0 unspecified atom stereocenters. The molecule has 1 heterocycles. The number of ether oxygens (including phenoxy) is 1. The number of nitrogens with zero attached hydrogens (tertiary/aromatic N) is 1. The van der Waals surface area contributed by atoms with Crippen LogP contribution in [0.1, 0.15) is 43.7 Å². The van der Waals surface area contributed by atoms with Crippen molar-refractivity contribution < 1.29 is 9.53 Å². The second-order valence-electron chi connectivity index (χ2n) is 4.77. The molecular weight excluding hydrogens is 266 g/mol. The Morgan fingerprint density at radius 1 is 1.42 bits per heavy atom. The van der Waals surface area contributed by atoms with Crippen molar-refractivity contribution in [1.82, 2.24) is 4.57 Å². The Morgan fingerprint density at radius 3 is 2.53 bits per heavy atom. The van der Waals surface area contributed by atoms with Crippen LogP contribution in [0.4, 0.5) is 0 Å². The van der Waals surface area contributed by atoms with Crippen LogP contribution < -0.4 is 5.43 Å². The zero-order chi connectivity index (χ0) is 14.6. The highest BCUT2D eigenvalue weighted by Gasteiger charge is 2.21. The van der Waals surface area contributed by atoms with Crippen molar-refractivity contribution in [3.05, 3.63) is 32.7 Å². The van der Waals surface area contributed by atoms with Gasteiger partial charge in [0.1, 0.15) is 10.7 Å². The van der Waals surface area contributed by atoms with Gasteiger partial charge in [-0.1, -0.05) is 32.4 Å². The van der Waals surface area contributed by atoms with E-state index in [1.165, 1.54) is 0 Å². The fourth-order valence-corrected chi connectivity index (χ4v) is 2.19. The molecule has 1 aromatic rings. The van der Waals surface area contributed by atoms with Gasteiger partial charge in [0.25, 0.3) is 0 Å². The summed E-state index contributed by atoms with van der Waals surface area (Å²) in [6, 6.07) is 0. The minimum absolute atomic E-state index is 0.0431. The molecule has 0 aliphatic rings. The van der Waals surface area contributed by atoms with E-state index >= 15 is 0 Å². The predicted octanol–water partition coefficient (Wildman–Crippen LogP) is 2.90. The fraction of sp³-hybridized carbons (Fsp3) is 0.571. The minimum Gasteiger partial charge on any atom is -0.461 e. The van der Waals surface area contributed by atoms with Gasteiger partial charge in [-0.25, -0.2) is 4.79 Å².